The largest absolute Gasteiger partial charge is 0.368 e. The summed E-state index contributed by atoms with van der Waals surface area (Å²) in [5, 5.41) is 4.05. The van der Waals surface area contributed by atoms with Gasteiger partial charge in [-0.2, -0.15) is 0 Å². The number of hydrogen-bond donors (Lipinski definition) is 2. The van der Waals surface area contributed by atoms with Crippen molar-refractivity contribution in [1.82, 2.24) is 19.6 Å². The number of nitrogen functional groups attached to an aromatic ring is 1. The van der Waals surface area contributed by atoms with E-state index in [-0.39, 0.29) is 23.9 Å². The predicted octanol–water partition coefficient (Wildman–Crippen LogP) is 0.683. The van der Waals surface area contributed by atoms with Crippen LogP contribution in [0.15, 0.2) is 4.79 Å². The molecule has 0 saturated carbocycles. The molecule has 6 nitrogen and oxygen atoms in total. The van der Waals surface area contributed by atoms with Crippen LogP contribution in [0, 0.1) is 6.92 Å². The third-order valence-electron chi connectivity index (χ3n) is 2.23. The Bertz CT molecular complexity index is 559. The van der Waals surface area contributed by atoms with Gasteiger partial charge in [0, 0.05) is 6.42 Å². The van der Waals surface area contributed by atoms with Crippen molar-refractivity contribution in [3.8, 4) is 0 Å². The molecule has 0 aromatic carbocycles. The molecule has 2 rings (SSSR count). The molecule has 0 atom stereocenters. The Morgan fingerprint density at radius 2 is 2.19 bits per heavy atom. The number of rotatable bonds is 2. The number of H-pyrrole nitrogens is 1. The summed E-state index contributed by atoms with van der Waals surface area (Å²) in [5.41, 5.74) is 6.41. The van der Waals surface area contributed by atoms with Crippen LogP contribution in [0.2, 0.25) is 0 Å². The number of hydrogen-bond acceptors (Lipinski definition) is 4. The Morgan fingerprint density at radius 3 is 2.81 bits per heavy atom. The Kier molecular flexibility index (Phi) is 3.54. The highest BCUT2D eigenvalue weighted by molar-refractivity contribution is 5.85. The topological polar surface area (TPSA) is 89.1 Å². The number of fused-ring (bicyclic) bond motifs is 1. The molecule has 2 heterocycles. The molecule has 0 fully saturated rings. The second kappa shape index (κ2) is 4.52. The number of nitrogens with zero attached hydrogens (tertiary/aromatic N) is 3. The molecule has 0 radical (unpaired) electrons. The van der Waals surface area contributed by atoms with E-state index in [9.17, 15) is 4.79 Å². The molecule has 16 heavy (non-hydrogen) atoms. The first kappa shape index (κ1) is 12.5. The van der Waals surface area contributed by atoms with Crippen molar-refractivity contribution < 1.29 is 0 Å². The van der Waals surface area contributed by atoms with Crippen LogP contribution in [-0.2, 0) is 6.42 Å². The highest BCUT2D eigenvalue weighted by Gasteiger charge is 2.12. The molecule has 88 valence electrons. The number of aromatic nitrogens is 4. The smallest absolute Gasteiger partial charge is 0.278 e. The van der Waals surface area contributed by atoms with Crippen LogP contribution >= 0.6 is 12.4 Å². The first-order chi connectivity index (χ1) is 7.13. The van der Waals surface area contributed by atoms with Crippen molar-refractivity contribution in [1.29, 1.82) is 0 Å². The standard InChI is InChI=1S/C9H13N5O.ClH/c1-3-4-6-11-5(2)7-8(15)12-9(10)13-14(6)7;/h3-4H2,1-2H3,(H3,10,12,13,15);1H. The second-order valence-corrected chi connectivity index (χ2v) is 3.46. The number of imidazole rings is 1. The average molecular weight is 244 g/mol. The molecule has 0 amide bonds. The second-order valence-electron chi connectivity index (χ2n) is 3.46. The Balaban J connectivity index is 0.00000128. The van der Waals surface area contributed by atoms with Gasteiger partial charge in [0.1, 0.15) is 5.82 Å². The van der Waals surface area contributed by atoms with E-state index in [1.54, 1.807) is 6.92 Å². The zero-order valence-electron chi connectivity index (χ0n) is 9.15. The molecule has 0 aliphatic heterocycles. The van der Waals surface area contributed by atoms with E-state index in [1.807, 2.05) is 6.92 Å². The molecule has 0 aliphatic rings. The van der Waals surface area contributed by atoms with Gasteiger partial charge in [-0.3, -0.25) is 9.78 Å². The van der Waals surface area contributed by atoms with Crippen molar-refractivity contribution in [2.75, 3.05) is 5.73 Å². The number of anilines is 1. The van der Waals surface area contributed by atoms with Crippen LogP contribution in [0.1, 0.15) is 24.9 Å². The van der Waals surface area contributed by atoms with Crippen LogP contribution in [0.3, 0.4) is 0 Å². The van der Waals surface area contributed by atoms with E-state index < -0.39 is 0 Å². The third kappa shape index (κ3) is 1.88. The first-order valence-electron chi connectivity index (χ1n) is 4.87. The summed E-state index contributed by atoms with van der Waals surface area (Å²) >= 11 is 0. The van der Waals surface area contributed by atoms with Crippen LogP contribution in [0.25, 0.3) is 5.52 Å². The van der Waals surface area contributed by atoms with E-state index in [2.05, 4.69) is 15.1 Å². The number of nitrogens with two attached hydrogens (primary N) is 1. The Hall–Kier alpha value is -1.56. The SMILES string of the molecule is CCCc1nc(C)c2c(=O)[nH]c(N)nn12.Cl. The fourth-order valence-corrected chi connectivity index (χ4v) is 1.64. The summed E-state index contributed by atoms with van der Waals surface area (Å²) in [6.45, 7) is 3.84. The van der Waals surface area contributed by atoms with Crippen molar-refractivity contribution in [2.45, 2.75) is 26.7 Å². The first-order valence-corrected chi connectivity index (χ1v) is 4.87. The van der Waals surface area contributed by atoms with Crippen LogP contribution < -0.4 is 11.3 Å². The maximum Gasteiger partial charge on any atom is 0.278 e. The van der Waals surface area contributed by atoms with Gasteiger partial charge >= 0.3 is 0 Å². The minimum atomic E-state index is -0.241. The summed E-state index contributed by atoms with van der Waals surface area (Å²) < 4.78 is 1.53. The highest BCUT2D eigenvalue weighted by atomic mass is 35.5. The maximum atomic E-state index is 11.6. The van der Waals surface area contributed by atoms with E-state index in [4.69, 9.17) is 5.73 Å². The number of aryl methyl sites for hydroxylation is 2. The summed E-state index contributed by atoms with van der Waals surface area (Å²) in [5.74, 6) is 0.894. The molecule has 0 saturated heterocycles. The van der Waals surface area contributed by atoms with Gasteiger partial charge < -0.3 is 5.73 Å². The van der Waals surface area contributed by atoms with E-state index in [0.29, 0.717) is 11.2 Å². The van der Waals surface area contributed by atoms with Crippen molar-refractivity contribution in [3.63, 3.8) is 0 Å². The molecule has 7 heteroatoms. The summed E-state index contributed by atoms with van der Waals surface area (Å²) in [6, 6.07) is 0. The van der Waals surface area contributed by atoms with Gasteiger partial charge in [-0.1, -0.05) is 6.92 Å². The number of nitrogens with one attached hydrogen (secondary N) is 1. The molecule has 2 aromatic heterocycles. The fourth-order valence-electron chi connectivity index (χ4n) is 1.64. The highest BCUT2D eigenvalue weighted by Crippen LogP contribution is 2.08. The van der Waals surface area contributed by atoms with Crippen molar-refractivity contribution in [3.05, 3.63) is 21.9 Å². The zero-order valence-corrected chi connectivity index (χ0v) is 9.97. The summed E-state index contributed by atoms with van der Waals surface area (Å²) in [6.07, 6.45) is 1.73. The summed E-state index contributed by atoms with van der Waals surface area (Å²) in [4.78, 5) is 18.4. The molecule has 3 N–H and O–H groups in total. The Labute approximate surface area is 98.3 Å². The van der Waals surface area contributed by atoms with Crippen LogP contribution in [0.4, 0.5) is 5.95 Å². The quantitative estimate of drug-likeness (QED) is 0.812. The predicted molar refractivity (Wildman–Crippen MR) is 64.0 cm³/mol. The lowest BCUT2D eigenvalue weighted by molar-refractivity contribution is 0.767. The molecule has 0 unspecified atom stereocenters. The Morgan fingerprint density at radius 1 is 1.50 bits per heavy atom. The maximum absolute atomic E-state index is 11.6. The van der Waals surface area contributed by atoms with Gasteiger partial charge in [0.15, 0.2) is 5.52 Å². The van der Waals surface area contributed by atoms with Crippen molar-refractivity contribution >= 4 is 23.9 Å². The monoisotopic (exact) mass is 243 g/mol. The molecular formula is C9H14ClN5O. The van der Waals surface area contributed by atoms with Gasteiger partial charge in [-0.15, -0.1) is 17.5 Å². The van der Waals surface area contributed by atoms with Crippen molar-refractivity contribution in [2.24, 2.45) is 0 Å². The average Bonchev–Trinajstić information content (AvgIpc) is 2.43. The fraction of sp³-hybridized carbons (Fsp3) is 0.444. The number of halogens is 1. The zero-order chi connectivity index (χ0) is 11.0. The lowest BCUT2D eigenvalue weighted by atomic mass is 10.3. The molecule has 0 bridgehead atoms. The van der Waals surface area contributed by atoms with Gasteiger partial charge in [0.2, 0.25) is 5.95 Å². The normalized spacial score (nSPS) is 10.4. The van der Waals surface area contributed by atoms with Gasteiger partial charge in [-0.05, 0) is 13.3 Å². The van der Waals surface area contributed by atoms with E-state index in [0.717, 1.165) is 18.7 Å². The van der Waals surface area contributed by atoms with E-state index in [1.165, 1.54) is 4.52 Å². The lowest BCUT2D eigenvalue weighted by Crippen LogP contribution is -2.16. The van der Waals surface area contributed by atoms with Gasteiger partial charge in [0.25, 0.3) is 5.56 Å². The number of aromatic amines is 1. The van der Waals surface area contributed by atoms with E-state index >= 15 is 0 Å². The van der Waals surface area contributed by atoms with Gasteiger partial charge in [-0.25, -0.2) is 9.50 Å². The lowest BCUT2D eigenvalue weighted by Gasteiger charge is -1.98. The van der Waals surface area contributed by atoms with Crippen LogP contribution in [-0.4, -0.2) is 19.6 Å². The summed E-state index contributed by atoms with van der Waals surface area (Å²) in [7, 11) is 0. The molecular weight excluding hydrogens is 230 g/mol. The van der Waals surface area contributed by atoms with Crippen LogP contribution in [0.5, 0.6) is 0 Å². The molecule has 2 aromatic rings. The molecule has 0 spiro atoms. The van der Waals surface area contributed by atoms with Gasteiger partial charge in [0.05, 0.1) is 5.69 Å². The minimum absolute atomic E-state index is 0. The molecule has 0 aliphatic carbocycles. The third-order valence-corrected chi connectivity index (χ3v) is 2.23. The minimum Gasteiger partial charge on any atom is -0.368 e.